The van der Waals surface area contributed by atoms with Crippen molar-refractivity contribution in [3.63, 3.8) is 0 Å². The summed E-state index contributed by atoms with van der Waals surface area (Å²) in [4.78, 5) is 88.5. The number of benzene rings is 2. The van der Waals surface area contributed by atoms with Crippen molar-refractivity contribution in [2.45, 2.75) is 123 Å². The number of carbonyl (C=O) groups is 7. The highest BCUT2D eigenvalue weighted by Crippen LogP contribution is 2.72. The third-order valence-corrected chi connectivity index (χ3v) is 15.7. The van der Waals surface area contributed by atoms with E-state index in [4.69, 9.17) is 14.6 Å². The van der Waals surface area contributed by atoms with Crippen LogP contribution in [0, 0.1) is 22.7 Å². The number of aliphatic carboxylic acids is 1. The number of allylic oxidation sites excluding steroid dienone is 4. The van der Waals surface area contributed by atoms with Gasteiger partial charge in [0.25, 0.3) is 0 Å². The molecule has 1 heterocycles. The Morgan fingerprint density at radius 3 is 2.34 bits per heavy atom. The average Bonchev–Trinajstić information content (AvgIpc) is 3.78. The zero-order valence-electron chi connectivity index (χ0n) is 37.1. The Bertz CT molecular complexity index is 2410. The SMILES string of the molecule is C[C@H](NC(=O)CCNC(=O)C(S)CC(=O)O)C(=O)N[C@@H](C)C(=O)Nc1cccc(Sc2ccc([C@@H]3O[C@@H]4CC5[C@@H]6C[C@H](F)C7=CC(=O)C=C[C@]7(C)[C@@]6(F)[C@@H](O)C[C@]5(C)[C@]4(C(=O)CO)O3)cc2)c1. The van der Waals surface area contributed by atoms with E-state index in [0.29, 0.717) is 11.3 Å². The fraction of sp³-hybridized carbons (Fsp3) is 0.511. The lowest BCUT2D eigenvalue weighted by Gasteiger charge is -2.63. The molecule has 13 atom stereocenters. The first-order valence-corrected chi connectivity index (χ1v) is 23.3. The molecule has 16 nitrogen and oxygen atoms in total. The van der Waals surface area contributed by atoms with Crippen LogP contribution >= 0.6 is 24.4 Å². The van der Waals surface area contributed by atoms with Gasteiger partial charge in [0.15, 0.2) is 29.1 Å². The Balaban J connectivity index is 0.947. The molecule has 0 radical (unpaired) electrons. The number of carbonyl (C=O) groups excluding carboxylic acids is 6. The van der Waals surface area contributed by atoms with Crippen LogP contribution in [0.2, 0.25) is 0 Å². The number of anilines is 1. The largest absolute Gasteiger partial charge is 0.481 e. The van der Waals surface area contributed by atoms with Gasteiger partial charge in [0, 0.05) is 50.8 Å². The van der Waals surface area contributed by atoms with Gasteiger partial charge in [0.1, 0.15) is 24.9 Å². The number of Topliss-reactive ketones (excluding diaryl/α,β-unsaturated/α-hetero) is 1. The van der Waals surface area contributed by atoms with Crippen molar-refractivity contribution in [3.05, 3.63) is 77.9 Å². The lowest BCUT2D eigenvalue weighted by Crippen LogP contribution is -2.70. The highest BCUT2D eigenvalue weighted by molar-refractivity contribution is 7.99. The first-order valence-electron chi connectivity index (χ1n) is 22.0. The minimum atomic E-state index is -2.36. The molecule has 7 rings (SSSR count). The van der Waals surface area contributed by atoms with Crippen molar-refractivity contribution in [2.24, 2.45) is 22.7 Å². The number of thiol groups is 1. The fourth-order valence-electron chi connectivity index (χ4n) is 10.9. The zero-order valence-corrected chi connectivity index (χ0v) is 38.8. The number of hydrogen-bond donors (Lipinski definition) is 8. The Morgan fingerprint density at radius 2 is 1.66 bits per heavy atom. The van der Waals surface area contributed by atoms with E-state index in [1.807, 2.05) is 18.2 Å². The number of ether oxygens (including phenoxy) is 2. The molecule has 4 amide bonds. The first-order chi connectivity index (χ1) is 31.6. The van der Waals surface area contributed by atoms with Crippen LogP contribution in [0.1, 0.15) is 71.7 Å². The number of rotatable bonds is 16. The summed E-state index contributed by atoms with van der Waals surface area (Å²) in [5.41, 5.74) is -6.02. The van der Waals surface area contributed by atoms with E-state index in [1.54, 1.807) is 37.3 Å². The predicted molar refractivity (Wildman–Crippen MR) is 241 cm³/mol. The van der Waals surface area contributed by atoms with Gasteiger partial charge in [-0.2, -0.15) is 12.6 Å². The van der Waals surface area contributed by atoms with E-state index in [0.717, 1.165) is 15.9 Å². The topological polar surface area (TPSA) is 247 Å². The van der Waals surface area contributed by atoms with E-state index in [1.165, 1.54) is 44.7 Å². The molecule has 20 heteroatoms. The number of carboxylic acids is 1. The number of carboxylic acid groups (broad SMARTS) is 1. The third kappa shape index (κ3) is 9.07. The van der Waals surface area contributed by atoms with E-state index in [2.05, 4.69) is 33.9 Å². The van der Waals surface area contributed by atoms with E-state index >= 15 is 8.78 Å². The van der Waals surface area contributed by atoms with Crippen LogP contribution in [0.5, 0.6) is 0 Å². The van der Waals surface area contributed by atoms with Crippen LogP contribution in [0.4, 0.5) is 14.5 Å². The molecule has 2 unspecified atom stereocenters. The van der Waals surface area contributed by atoms with Crippen molar-refractivity contribution < 1.29 is 67.1 Å². The zero-order chi connectivity index (χ0) is 48.8. The van der Waals surface area contributed by atoms with Gasteiger partial charge < -0.3 is 46.1 Å². The Labute approximate surface area is 394 Å². The standard InChI is InChI=1S/C47H54F2N4O12S2/c1-23(51-38(58)13-15-50-42(63)34(66)20-39(59)60)40(61)52-24(2)41(62)53-26-6-5-7-29(16-26)67-28-10-8-25(9-11-28)43-64-37-19-30-31-18-33(48)32-17-27(55)12-14-44(32,3)46(31,49)35(56)21-45(30,4)47(37,65-43)36(57)22-54/h5-12,14,16-17,23-24,30-31,33-35,37,43,54,56,66H,13,15,18-22H2,1-4H3,(H,50,63)(H,51,58)(H,52,61)(H,53,62)(H,59,60)/t23-,24-,30?,31-,33-,34?,35-,37+,43+,44-,45-,46-,47+/m0/s1. The van der Waals surface area contributed by atoms with E-state index in [-0.39, 0.29) is 37.8 Å². The molecule has 67 heavy (non-hydrogen) atoms. The molecule has 7 N–H and O–H groups in total. The number of ketones is 2. The van der Waals surface area contributed by atoms with E-state index < -0.39 is 130 Å². The van der Waals surface area contributed by atoms with Crippen LogP contribution in [0.15, 0.2) is 82.1 Å². The lowest BCUT2D eigenvalue weighted by atomic mass is 9.44. The van der Waals surface area contributed by atoms with Gasteiger partial charge in [-0.1, -0.05) is 43.0 Å². The molecule has 0 bridgehead atoms. The molecule has 360 valence electrons. The van der Waals surface area contributed by atoms with Crippen LogP contribution in [-0.2, 0) is 43.0 Å². The van der Waals surface area contributed by atoms with Gasteiger partial charge in [-0.3, -0.25) is 33.6 Å². The van der Waals surface area contributed by atoms with Crippen LogP contribution in [0.3, 0.4) is 0 Å². The van der Waals surface area contributed by atoms with Crippen LogP contribution < -0.4 is 21.3 Å². The maximum atomic E-state index is 17.7. The van der Waals surface area contributed by atoms with Gasteiger partial charge in [0.2, 0.25) is 23.6 Å². The summed E-state index contributed by atoms with van der Waals surface area (Å²) in [6, 6.07) is 12.1. The molecule has 2 aromatic carbocycles. The second kappa shape index (κ2) is 19.2. The monoisotopic (exact) mass is 968 g/mol. The number of alkyl halides is 2. The van der Waals surface area contributed by atoms with Gasteiger partial charge >= 0.3 is 5.97 Å². The second-order valence-corrected chi connectivity index (χ2v) is 20.1. The summed E-state index contributed by atoms with van der Waals surface area (Å²) >= 11 is 5.29. The normalized spacial score (nSPS) is 32.8. The van der Waals surface area contributed by atoms with E-state index in [9.17, 15) is 43.8 Å². The van der Waals surface area contributed by atoms with Crippen molar-refractivity contribution in [1.82, 2.24) is 16.0 Å². The number of amides is 4. The summed E-state index contributed by atoms with van der Waals surface area (Å²) in [6.45, 7) is 5.12. The molecular formula is C47H54F2N4O12S2. The molecule has 3 saturated carbocycles. The highest BCUT2D eigenvalue weighted by atomic mass is 32.2. The Hall–Kier alpha value is -4.99. The number of halogens is 2. The number of hydrogen-bond acceptors (Lipinski definition) is 13. The third-order valence-electron chi connectivity index (χ3n) is 14.3. The first kappa shape index (κ1) is 49.9. The fourth-order valence-corrected chi connectivity index (χ4v) is 12.0. The van der Waals surface area contributed by atoms with Gasteiger partial charge in [0.05, 0.1) is 23.9 Å². The highest BCUT2D eigenvalue weighted by Gasteiger charge is 2.80. The Morgan fingerprint density at radius 1 is 0.955 bits per heavy atom. The van der Waals surface area contributed by atoms with Crippen molar-refractivity contribution in [2.75, 3.05) is 18.5 Å². The predicted octanol–water partition coefficient (Wildman–Crippen LogP) is 3.71. The second-order valence-electron chi connectivity index (χ2n) is 18.3. The molecule has 0 spiro atoms. The van der Waals surface area contributed by atoms with Crippen molar-refractivity contribution in [3.8, 4) is 0 Å². The molecule has 1 saturated heterocycles. The smallest absolute Gasteiger partial charge is 0.304 e. The Kier molecular flexibility index (Phi) is 14.3. The molecule has 1 aliphatic heterocycles. The quantitative estimate of drug-likeness (QED) is 0.112. The average molecular weight is 969 g/mol. The molecule has 0 aromatic heterocycles. The maximum absolute atomic E-state index is 17.7. The molecule has 4 fully saturated rings. The van der Waals surface area contributed by atoms with Crippen molar-refractivity contribution in [1.29, 1.82) is 0 Å². The number of nitrogens with one attached hydrogen (secondary N) is 4. The number of aliphatic hydroxyl groups excluding tert-OH is 2. The lowest BCUT2D eigenvalue weighted by molar-refractivity contribution is -0.235. The summed E-state index contributed by atoms with van der Waals surface area (Å²) in [7, 11) is 0. The number of aliphatic hydroxyl groups is 2. The summed E-state index contributed by atoms with van der Waals surface area (Å²) < 4.78 is 46.8. The minimum absolute atomic E-state index is 0.00871. The molecular weight excluding hydrogens is 915 g/mol. The molecule has 5 aliphatic rings. The number of fused-ring (bicyclic) bond motifs is 7. The van der Waals surface area contributed by atoms with Gasteiger partial charge in [-0.05, 0) is 94.0 Å². The minimum Gasteiger partial charge on any atom is -0.481 e. The van der Waals surface area contributed by atoms with Gasteiger partial charge in [-0.15, -0.1) is 0 Å². The molecule has 2 aromatic rings. The molecule has 4 aliphatic carbocycles. The summed E-state index contributed by atoms with van der Waals surface area (Å²) in [5, 5.41) is 40.0. The summed E-state index contributed by atoms with van der Waals surface area (Å²) in [5.74, 6) is -6.44. The van der Waals surface area contributed by atoms with Crippen LogP contribution in [0.25, 0.3) is 0 Å². The van der Waals surface area contributed by atoms with Gasteiger partial charge in [-0.25, -0.2) is 8.78 Å². The maximum Gasteiger partial charge on any atom is 0.304 e. The summed E-state index contributed by atoms with van der Waals surface area (Å²) in [6.07, 6.45) is -2.78. The van der Waals surface area contributed by atoms with Crippen molar-refractivity contribution >= 4 is 71.2 Å². The van der Waals surface area contributed by atoms with Crippen LogP contribution in [-0.4, -0.2) is 117 Å².